The summed E-state index contributed by atoms with van der Waals surface area (Å²) in [6.45, 7) is 2.53. The van der Waals surface area contributed by atoms with Gasteiger partial charge in [-0.2, -0.15) is 4.80 Å². The average Bonchev–Trinajstić information content (AvgIpc) is 3.41. The maximum atomic E-state index is 13.6. The first-order chi connectivity index (χ1) is 15.4. The number of amides is 1. The maximum absolute atomic E-state index is 13.6. The SMILES string of the molecule is COc1cc(CNC(=O)c2cc(-c3nnn(C[C@H]4CC[C@@H](N)C4)n3)nc(C)n2)ccc1F. The lowest BCUT2D eigenvalue weighted by Crippen LogP contribution is -2.24. The van der Waals surface area contributed by atoms with E-state index >= 15 is 0 Å². The highest BCUT2D eigenvalue weighted by molar-refractivity contribution is 5.93. The molecule has 0 spiro atoms. The van der Waals surface area contributed by atoms with Gasteiger partial charge in [0.05, 0.1) is 13.7 Å². The van der Waals surface area contributed by atoms with E-state index < -0.39 is 11.7 Å². The molecule has 1 aliphatic carbocycles. The molecular weight excluding hydrogens is 415 g/mol. The Hall–Kier alpha value is -3.47. The highest BCUT2D eigenvalue weighted by Gasteiger charge is 2.23. The van der Waals surface area contributed by atoms with Crippen LogP contribution < -0.4 is 15.8 Å². The molecule has 2 atom stereocenters. The lowest BCUT2D eigenvalue weighted by atomic mass is 10.1. The number of nitrogens with two attached hydrogens (primary N) is 1. The van der Waals surface area contributed by atoms with Crippen molar-refractivity contribution in [3.05, 3.63) is 47.2 Å². The smallest absolute Gasteiger partial charge is 0.270 e. The predicted octanol–water partition coefficient (Wildman–Crippen LogP) is 1.64. The molecule has 1 aliphatic rings. The van der Waals surface area contributed by atoms with Crippen LogP contribution in [0, 0.1) is 18.7 Å². The molecule has 1 amide bonds. The molecule has 11 heteroatoms. The second-order valence-corrected chi connectivity index (χ2v) is 7.94. The Morgan fingerprint density at radius 3 is 2.91 bits per heavy atom. The molecule has 0 unspecified atom stereocenters. The Bertz CT molecular complexity index is 1120. The molecule has 2 heterocycles. The van der Waals surface area contributed by atoms with E-state index in [0.717, 1.165) is 19.3 Å². The number of aromatic nitrogens is 6. The zero-order valence-corrected chi connectivity index (χ0v) is 18.0. The van der Waals surface area contributed by atoms with Gasteiger partial charge in [-0.1, -0.05) is 6.07 Å². The minimum absolute atomic E-state index is 0.116. The van der Waals surface area contributed by atoms with E-state index in [2.05, 4.69) is 30.7 Å². The third kappa shape index (κ3) is 5.05. The largest absolute Gasteiger partial charge is 0.494 e. The lowest BCUT2D eigenvalue weighted by Gasteiger charge is -2.08. The Morgan fingerprint density at radius 2 is 2.16 bits per heavy atom. The normalized spacial score (nSPS) is 18.0. The molecule has 1 aromatic carbocycles. The van der Waals surface area contributed by atoms with Gasteiger partial charge in [-0.3, -0.25) is 4.79 Å². The number of nitrogens with zero attached hydrogens (tertiary/aromatic N) is 6. The van der Waals surface area contributed by atoms with Gasteiger partial charge in [0.25, 0.3) is 5.91 Å². The number of benzene rings is 1. The molecule has 4 rings (SSSR count). The van der Waals surface area contributed by atoms with Gasteiger partial charge in [0.1, 0.15) is 17.2 Å². The number of rotatable bonds is 7. The summed E-state index contributed by atoms with van der Waals surface area (Å²) in [5.74, 6) is 0.433. The van der Waals surface area contributed by atoms with Crippen molar-refractivity contribution in [2.75, 3.05) is 7.11 Å². The summed E-state index contributed by atoms with van der Waals surface area (Å²) in [5, 5.41) is 15.4. The minimum atomic E-state index is -0.463. The van der Waals surface area contributed by atoms with Crippen molar-refractivity contribution in [3.63, 3.8) is 0 Å². The van der Waals surface area contributed by atoms with Crippen molar-refractivity contribution in [1.29, 1.82) is 0 Å². The number of hydrogen-bond donors (Lipinski definition) is 2. The summed E-state index contributed by atoms with van der Waals surface area (Å²) >= 11 is 0. The zero-order chi connectivity index (χ0) is 22.7. The quantitative estimate of drug-likeness (QED) is 0.566. The lowest BCUT2D eigenvalue weighted by molar-refractivity contribution is 0.0945. The van der Waals surface area contributed by atoms with Gasteiger partial charge in [-0.15, -0.1) is 10.2 Å². The first-order valence-corrected chi connectivity index (χ1v) is 10.4. The van der Waals surface area contributed by atoms with E-state index in [1.165, 1.54) is 25.3 Å². The number of methoxy groups -OCH3 is 1. The first-order valence-electron chi connectivity index (χ1n) is 10.4. The van der Waals surface area contributed by atoms with Crippen molar-refractivity contribution < 1.29 is 13.9 Å². The second kappa shape index (κ2) is 9.35. The molecule has 0 bridgehead atoms. The third-order valence-electron chi connectivity index (χ3n) is 5.42. The van der Waals surface area contributed by atoms with Crippen LogP contribution in [0.5, 0.6) is 5.75 Å². The number of aryl methyl sites for hydroxylation is 1. The Morgan fingerprint density at radius 1 is 1.31 bits per heavy atom. The summed E-state index contributed by atoms with van der Waals surface area (Å²) in [7, 11) is 1.39. The fourth-order valence-corrected chi connectivity index (χ4v) is 3.82. The summed E-state index contributed by atoms with van der Waals surface area (Å²) in [6.07, 6.45) is 3.02. The van der Waals surface area contributed by atoms with Crippen LogP contribution in [0.1, 0.15) is 41.1 Å². The molecule has 3 aromatic rings. The second-order valence-electron chi connectivity index (χ2n) is 7.94. The first kappa shape index (κ1) is 21.8. The molecule has 0 aliphatic heterocycles. The Kier molecular flexibility index (Phi) is 6.35. The van der Waals surface area contributed by atoms with Crippen LogP contribution >= 0.6 is 0 Å². The van der Waals surface area contributed by atoms with Gasteiger partial charge < -0.3 is 15.8 Å². The maximum Gasteiger partial charge on any atom is 0.270 e. The van der Waals surface area contributed by atoms with Crippen molar-refractivity contribution in [2.45, 2.75) is 45.3 Å². The minimum Gasteiger partial charge on any atom is -0.494 e. The van der Waals surface area contributed by atoms with Crippen LogP contribution in [0.25, 0.3) is 11.5 Å². The standard InChI is InChI=1S/C21H25FN8O2/c1-12-25-17(20-27-29-30(28-20)11-14-3-5-15(23)7-14)9-18(26-12)21(31)24-10-13-4-6-16(22)19(8-13)32-2/h4,6,8-9,14-15H,3,5,7,10-11,23H2,1-2H3,(H,24,31)/t14-,15+/m0/s1. The van der Waals surface area contributed by atoms with Gasteiger partial charge in [0.2, 0.25) is 5.82 Å². The van der Waals surface area contributed by atoms with Crippen molar-refractivity contribution in [1.82, 2.24) is 35.5 Å². The third-order valence-corrected chi connectivity index (χ3v) is 5.42. The van der Waals surface area contributed by atoms with Gasteiger partial charge in [-0.25, -0.2) is 14.4 Å². The van der Waals surface area contributed by atoms with Crippen LogP contribution in [0.2, 0.25) is 0 Å². The fourth-order valence-electron chi connectivity index (χ4n) is 3.82. The molecule has 1 saturated carbocycles. The fraction of sp³-hybridized carbons (Fsp3) is 0.429. The summed E-state index contributed by atoms with van der Waals surface area (Å²) in [6, 6.07) is 6.17. The van der Waals surface area contributed by atoms with Crippen molar-refractivity contribution in [2.24, 2.45) is 11.7 Å². The molecule has 3 N–H and O–H groups in total. The van der Waals surface area contributed by atoms with Gasteiger partial charge in [-0.05, 0) is 61.1 Å². The monoisotopic (exact) mass is 440 g/mol. The number of nitrogens with one attached hydrogen (secondary N) is 1. The van der Waals surface area contributed by atoms with Crippen LogP contribution in [0.4, 0.5) is 4.39 Å². The van der Waals surface area contributed by atoms with Crippen LogP contribution in [0.3, 0.4) is 0 Å². The van der Waals surface area contributed by atoms with E-state index in [0.29, 0.717) is 35.4 Å². The molecule has 10 nitrogen and oxygen atoms in total. The van der Waals surface area contributed by atoms with Crippen molar-refractivity contribution in [3.8, 4) is 17.3 Å². The van der Waals surface area contributed by atoms with Gasteiger partial charge >= 0.3 is 0 Å². The Labute approximate surface area is 184 Å². The van der Waals surface area contributed by atoms with E-state index in [-0.39, 0.29) is 24.0 Å². The molecule has 0 saturated heterocycles. The topological polar surface area (TPSA) is 134 Å². The molecule has 0 radical (unpaired) electrons. The van der Waals surface area contributed by atoms with E-state index in [9.17, 15) is 9.18 Å². The van der Waals surface area contributed by atoms with Crippen LogP contribution in [0.15, 0.2) is 24.3 Å². The number of carbonyl (C=O) groups excluding carboxylic acids is 1. The highest BCUT2D eigenvalue weighted by atomic mass is 19.1. The Balaban J connectivity index is 1.45. The van der Waals surface area contributed by atoms with Gasteiger partial charge in [0.15, 0.2) is 11.6 Å². The number of tetrazole rings is 1. The molecule has 168 valence electrons. The van der Waals surface area contributed by atoms with Crippen LogP contribution in [-0.4, -0.2) is 49.2 Å². The molecule has 32 heavy (non-hydrogen) atoms. The summed E-state index contributed by atoms with van der Waals surface area (Å²) in [5.41, 5.74) is 7.27. The summed E-state index contributed by atoms with van der Waals surface area (Å²) in [4.78, 5) is 22.8. The van der Waals surface area contributed by atoms with Gasteiger partial charge in [0, 0.05) is 12.6 Å². The number of hydrogen-bond acceptors (Lipinski definition) is 8. The van der Waals surface area contributed by atoms with E-state index in [1.54, 1.807) is 17.8 Å². The van der Waals surface area contributed by atoms with E-state index in [4.69, 9.17) is 10.5 Å². The van der Waals surface area contributed by atoms with Crippen molar-refractivity contribution >= 4 is 5.91 Å². The number of halogens is 1. The highest BCUT2D eigenvalue weighted by Crippen LogP contribution is 2.25. The number of carbonyl (C=O) groups is 1. The summed E-state index contributed by atoms with van der Waals surface area (Å²) < 4.78 is 18.5. The van der Waals surface area contributed by atoms with E-state index in [1.807, 2.05) is 0 Å². The zero-order valence-electron chi connectivity index (χ0n) is 18.0. The number of ether oxygens (including phenoxy) is 1. The molecular formula is C21H25FN8O2. The average molecular weight is 440 g/mol. The van der Waals surface area contributed by atoms with Crippen LogP contribution in [-0.2, 0) is 13.1 Å². The molecule has 1 fully saturated rings. The predicted molar refractivity (Wildman–Crippen MR) is 113 cm³/mol. The molecule has 2 aromatic heterocycles.